The van der Waals surface area contributed by atoms with Gasteiger partial charge in [-0.2, -0.15) is 5.10 Å². The van der Waals surface area contributed by atoms with Crippen molar-refractivity contribution in [3.05, 3.63) is 75.6 Å². The second kappa shape index (κ2) is 9.84. The average molecular weight is 469 g/mol. The summed E-state index contributed by atoms with van der Waals surface area (Å²) >= 11 is 7.54. The first-order chi connectivity index (χ1) is 15.5. The van der Waals surface area contributed by atoms with Gasteiger partial charge in [-0.15, -0.1) is 11.3 Å². The Morgan fingerprint density at radius 2 is 1.81 bits per heavy atom. The molecular weight excluding hydrogens is 448 g/mol. The number of halogens is 1. The SMILES string of the molecule is COc1ccccc1CC(=O)Nc1[nH]nc2sc(CC(=O)NCc3ccccc3Cl)cc12. The number of benzene rings is 2. The fourth-order valence-corrected chi connectivity index (χ4v) is 4.50. The van der Waals surface area contributed by atoms with E-state index >= 15 is 0 Å². The second-order valence-corrected chi connectivity index (χ2v) is 8.63. The summed E-state index contributed by atoms with van der Waals surface area (Å²) in [5.74, 6) is 0.877. The Morgan fingerprint density at radius 1 is 1.06 bits per heavy atom. The lowest BCUT2D eigenvalue weighted by molar-refractivity contribution is -0.120. The third-order valence-corrected chi connectivity index (χ3v) is 6.28. The molecule has 0 atom stereocenters. The zero-order valence-electron chi connectivity index (χ0n) is 17.3. The van der Waals surface area contributed by atoms with Crippen LogP contribution in [0.1, 0.15) is 16.0 Å². The van der Waals surface area contributed by atoms with Crippen LogP contribution in [0.25, 0.3) is 10.2 Å². The number of rotatable bonds is 8. The highest BCUT2D eigenvalue weighted by molar-refractivity contribution is 7.18. The summed E-state index contributed by atoms with van der Waals surface area (Å²) in [5.41, 5.74) is 1.66. The van der Waals surface area contributed by atoms with Crippen LogP contribution in [-0.4, -0.2) is 29.1 Å². The summed E-state index contributed by atoms with van der Waals surface area (Å²) in [6.07, 6.45) is 0.395. The topological polar surface area (TPSA) is 96.1 Å². The highest BCUT2D eigenvalue weighted by atomic mass is 35.5. The number of H-pyrrole nitrogens is 1. The number of hydrogen-bond acceptors (Lipinski definition) is 5. The van der Waals surface area contributed by atoms with Crippen LogP contribution in [0.5, 0.6) is 5.75 Å². The van der Waals surface area contributed by atoms with Crippen LogP contribution in [0.3, 0.4) is 0 Å². The molecule has 164 valence electrons. The molecule has 4 aromatic rings. The summed E-state index contributed by atoms with van der Waals surface area (Å²) in [7, 11) is 1.58. The first kappa shape index (κ1) is 21.9. The smallest absolute Gasteiger partial charge is 0.230 e. The predicted octanol–water partition coefficient (Wildman–Crippen LogP) is 4.33. The van der Waals surface area contributed by atoms with E-state index in [2.05, 4.69) is 20.8 Å². The Bertz CT molecular complexity index is 1270. The Kier molecular flexibility index (Phi) is 6.72. The molecule has 0 saturated heterocycles. The van der Waals surface area contributed by atoms with Crippen molar-refractivity contribution in [3.8, 4) is 5.75 Å². The van der Waals surface area contributed by atoms with Crippen molar-refractivity contribution in [2.45, 2.75) is 19.4 Å². The molecular formula is C23H21ClN4O3S. The van der Waals surface area contributed by atoms with Crippen molar-refractivity contribution in [2.24, 2.45) is 0 Å². The molecule has 0 aliphatic carbocycles. The van der Waals surface area contributed by atoms with Crippen molar-refractivity contribution < 1.29 is 14.3 Å². The van der Waals surface area contributed by atoms with Gasteiger partial charge in [0.05, 0.1) is 25.3 Å². The summed E-state index contributed by atoms with van der Waals surface area (Å²) in [5, 5.41) is 14.2. The average Bonchev–Trinajstić information content (AvgIpc) is 3.34. The Morgan fingerprint density at radius 3 is 2.59 bits per heavy atom. The number of nitrogens with zero attached hydrogens (tertiary/aromatic N) is 1. The quantitative estimate of drug-likeness (QED) is 0.358. The molecule has 0 aliphatic rings. The molecule has 2 aromatic carbocycles. The Labute approximate surface area is 193 Å². The maximum Gasteiger partial charge on any atom is 0.230 e. The lowest BCUT2D eigenvalue weighted by Gasteiger charge is -2.08. The first-order valence-electron chi connectivity index (χ1n) is 9.92. The van der Waals surface area contributed by atoms with E-state index in [4.69, 9.17) is 16.3 Å². The summed E-state index contributed by atoms with van der Waals surface area (Å²) in [4.78, 5) is 26.5. The minimum absolute atomic E-state index is 0.112. The van der Waals surface area contributed by atoms with Crippen LogP contribution < -0.4 is 15.4 Å². The minimum atomic E-state index is -0.190. The predicted molar refractivity (Wildman–Crippen MR) is 126 cm³/mol. The van der Waals surface area contributed by atoms with Gasteiger partial charge < -0.3 is 15.4 Å². The molecule has 0 saturated carbocycles. The van der Waals surface area contributed by atoms with Crippen molar-refractivity contribution in [3.63, 3.8) is 0 Å². The number of para-hydroxylation sites is 1. The van der Waals surface area contributed by atoms with Crippen molar-refractivity contribution in [2.75, 3.05) is 12.4 Å². The zero-order valence-corrected chi connectivity index (χ0v) is 18.8. The highest BCUT2D eigenvalue weighted by Gasteiger charge is 2.15. The van der Waals surface area contributed by atoms with Gasteiger partial charge >= 0.3 is 0 Å². The number of amides is 2. The van der Waals surface area contributed by atoms with E-state index in [1.165, 1.54) is 11.3 Å². The van der Waals surface area contributed by atoms with Crippen molar-refractivity contribution >= 4 is 50.8 Å². The summed E-state index contributed by atoms with van der Waals surface area (Å²) < 4.78 is 5.30. The molecule has 2 amide bonds. The molecule has 0 unspecified atom stereocenters. The number of aromatic nitrogens is 2. The fourth-order valence-electron chi connectivity index (χ4n) is 3.30. The molecule has 3 N–H and O–H groups in total. The molecule has 0 fully saturated rings. The van der Waals surface area contributed by atoms with E-state index in [9.17, 15) is 9.59 Å². The molecule has 0 radical (unpaired) electrons. The van der Waals surface area contributed by atoms with Crippen LogP contribution in [0.4, 0.5) is 5.82 Å². The molecule has 7 nitrogen and oxygen atoms in total. The van der Waals surface area contributed by atoms with Gasteiger partial charge in [-0.25, -0.2) is 0 Å². The summed E-state index contributed by atoms with van der Waals surface area (Å²) in [6, 6.07) is 16.7. The number of nitrogens with one attached hydrogen (secondary N) is 3. The standard InChI is InChI=1S/C23H21ClN4O3S/c1-31-19-9-5-3-6-14(19)10-21(30)26-22-17-11-16(32-23(17)28-27-22)12-20(29)25-13-15-7-2-4-8-18(15)24/h2-9,11H,10,12-13H2,1H3,(H,25,29)(H2,26,27,28,30). The number of hydrogen-bond donors (Lipinski definition) is 3. The second-order valence-electron chi connectivity index (χ2n) is 7.11. The maximum atomic E-state index is 12.5. The molecule has 0 spiro atoms. The van der Waals surface area contributed by atoms with Crippen LogP contribution in [-0.2, 0) is 29.0 Å². The summed E-state index contributed by atoms with van der Waals surface area (Å²) in [6.45, 7) is 0.367. The molecule has 2 aromatic heterocycles. The van der Waals surface area contributed by atoms with E-state index < -0.39 is 0 Å². The van der Waals surface area contributed by atoms with Crippen LogP contribution in [0.15, 0.2) is 54.6 Å². The third-order valence-electron chi connectivity index (χ3n) is 4.88. The number of anilines is 1. The van der Waals surface area contributed by atoms with E-state index in [0.717, 1.165) is 26.2 Å². The van der Waals surface area contributed by atoms with E-state index in [-0.39, 0.29) is 24.7 Å². The van der Waals surface area contributed by atoms with E-state index in [1.54, 1.807) is 13.2 Å². The fraction of sp³-hybridized carbons (Fsp3) is 0.174. The Hall–Kier alpha value is -3.36. The van der Waals surface area contributed by atoms with E-state index in [0.29, 0.717) is 23.1 Å². The maximum absolute atomic E-state index is 12.5. The zero-order chi connectivity index (χ0) is 22.5. The number of aromatic amines is 1. The molecule has 9 heteroatoms. The van der Waals surface area contributed by atoms with Crippen LogP contribution in [0.2, 0.25) is 5.02 Å². The highest BCUT2D eigenvalue weighted by Crippen LogP contribution is 2.30. The van der Waals surface area contributed by atoms with Gasteiger partial charge in [0, 0.05) is 22.0 Å². The van der Waals surface area contributed by atoms with Gasteiger partial charge in [0.1, 0.15) is 16.4 Å². The van der Waals surface area contributed by atoms with Crippen molar-refractivity contribution in [1.82, 2.24) is 15.5 Å². The van der Waals surface area contributed by atoms with Gasteiger partial charge in [-0.1, -0.05) is 48.0 Å². The number of fused-ring (bicyclic) bond motifs is 1. The van der Waals surface area contributed by atoms with Crippen molar-refractivity contribution in [1.29, 1.82) is 0 Å². The first-order valence-corrected chi connectivity index (χ1v) is 11.1. The number of thiophene rings is 1. The number of ether oxygens (including phenoxy) is 1. The minimum Gasteiger partial charge on any atom is -0.496 e. The third kappa shape index (κ3) is 5.09. The number of methoxy groups -OCH3 is 1. The molecule has 0 bridgehead atoms. The van der Waals surface area contributed by atoms with Gasteiger partial charge in [-0.3, -0.25) is 14.7 Å². The van der Waals surface area contributed by atoms with Gasteiger partial charge in [0.2, 0.25) is 11.8 Å². The van der Waals surface area contributed by atoms with E-state index in [1.807, 2.05) is 48.5 Å². The van der Waals surface area contributed by atoms with Gasteiger partial charge in [0.25, 0.3) is 0 Å². The van der Waals surface area contributed by atoms with Crippen LogP contribution >= 0.6 is 22.9 Å². The molecule has 32 heavy (non-hydrogen) atoms. The normalized spacial score (nSPS) is 10.8. The molecule has 0 aliphatic heterocycles. The van der Waals surface area contributed by atoms with Crippen LogP contribution in [0, 0.1) is 0 Å². The Balaban J connectivity index is 1.38. The monoisotopic (exact) mass is 468 g/mol. The molecule has 4 rings (SSSR count). The lowest BCUT2D eigenvalue weighted by atomic mass is 10.1. The molecule has 2 heterocycles. The lowest BCUT2D eigenvalue weighted by Crippen LogP contribution is -2.24. The van der Waals surface area contributed by atoms with Gasteiger partial charge in [0.15, 0.2) is 0 Å². The number of carbonyl (C=O) groups excluding carboxylic acids is 2. The number of carbonyl (C=O) groups is 2. The largest absolute Gasteiger partial charge is 0.496 e. The van der Waals surface area contributed by atoms with Gasteiger partial charge in [-0.05, 0) is 23.8 Å².